The van der Waals surface area contributed by atoms with Gasteiger partial charge in [0.25, 0.3) is 5.56 Å². The Balaban J connectivity index is 2.09. The zero-order chi connectivity index (χ0) is 19.4. The largest absolute Gasteiger partial charge is 0.368 e. The first-order chi connectivity index (χ1) is 13.0. The third kappa shape index (κ3) is 4.39. The van der Waals surface area contributed by atoms with Gasteiger partial charge in [0.1, 0.15) is 5.25 Å². The number of nitrogens with zero attached hydrogens (tertiary/aromatic N) is 2. The van der Waals surface area contributed by atoms with Crippen LogP contribution in [0, 0.1) is 5.92 Å². The van der Waals surface area contributed by atoms with Crippen LogP contribution in [0.4, 0.5) is 0 Å². The Morgan fingerprint density at radius 2 is 1.78 bits per heavy atom. The third-order valence-corrected chi connectivity index (χ3v) is 5.60. The molecule has 0 saturated carbocycles. The van der Waals surface area contributed by atoms with Crippen LogP contribution < -0.4 is 11.3 Å². The summed E-state index contributed by atoms with van der Waals surface area (Å²) in [5.74, 6) is -0.00806. The van der Waals surface area contributed by atoms with E-state index in [2.05, 4.69) is 18.8 Å². The van der Waals surface area contributed by atoms with Gasteiger partial charge in [0.15, 0.2) is 5.16 Å². The smallest absolute Gasteiger partial charge is 0.262 e. The Labute approximate surface area is 162 Å². The van der Waals surface area contributed by atoms with Gasteiger partial charge >= 0.3 is 0 Å². The van der Waals surface area contributed by atoms with Crippen molar-refractivity contribution in [3.8, 4) is 0 Å². The molecule has 1 amide bonds. The van der Waals surface area contributed by atoms with Crippen molar-refractivity contribution in [1.82, 2.24) is 9.55 Å². The third-order valence-electron chi connectivity index (χ3n) is 4.34. The van der Waals surface area contributed by atoms with Crippen LogP contribution in [-0.2, 0) is 11.3 Å². The lowest BCUT2D eigenvalue weighted by Crippen LogP contribution is -2.26. The Hall–Kier alpha value is -2.60. The van der Waals surface area contributed by atoms with Crippen LogP contribution in [0.2, 0.25) is 0 Å². The van der Waals surface area contributed by atoms with Crippen molar-refractivity contribution in [3.05, 3.63) is 70.5 Å². The maximum atomic E-state index is 13.0. The van der Waals surface area contributed by atoms with E-state index in [9.17, 15) is 9.59 Å². The van der Waals surface area contributed by atoms with Crippen LogP contribution in [0.1, 0.15) is 31.1 Å². The minimum absolute atomic E-state index is 0.0833. The molecule has 140 valence electrons. The molecule has 1 unspecified atom stereocenters. The average molecular weight is 382 g/mol. The quantitative estimate of drug-likeness (QED) is 0.499. The summed E-state index contributed by atoms with van der Waals surface area (Å²) in [4.78, 5) is 29.8. The summed E-state index contributed by atoms with van der Waals surface area (Å²) in [6.45, 7) is 4.78. The van der Waals surface area contributed by atoms with Crippen molar-refractivity contribution < 1.29 is 4.79 Å². The molecule has 0 spiro atoms. The Morgan fingerprint density at radius 1 is 1.11 bits per heavy atom. The monoisotopic (exact) mass is 381 g/mol. The summed E-state index contributed by atoms with van der Waals surface area (Å²) in [6, 6.07) is 16.6. The standard InChI is InChI=1S/C21H23N3O2S/c1-14(2)12-13-24-20(26)16-10-6-7-11-17(16)23-21(24)27-18(19(22)25)15-8-4-3-5-9-15/h3-11,14,18H,12-13H2,1-2H3,(H2,22,25). The predicted molar refractivity (Wildman–Crippen MR) is 110 cm³/mol. The molecule has 27 heavy (non-hydrogen) atoms. The van der Waals surface area contributed by atoms with E-state index in [-0.39, 0.29) is 5.56 Å². The number of rotatable bonds is 7. The summed E-state index contributed by atoms with van der Waals surface area (Å²) in [7, 11) is 0. The van der Waals surface area contributed by atoms with Crippen LogP contribution in [0.3, 0.4) is 0 Å². The van der Waals surface area contributed by atoms with Crippen molar-refractivity contribution in [2.45, 2.75) is 37.2 Å². The molecule has 0 fully saturated rings. The van der Waals surface area contributed by atoms with E-state index >= 15 is 0 Å². The molecule has 0 bridgehead atoms. The summed E-state index contributed by atoms with van der Waals surface area (Å²) in [5.41, 5.74) is 7.01. The topological polar surface area (TPSA) is 78.0 Å². The van der Waals surface area contributed by atoms with E-state index in [0.717, 1.165) is 12.0 Å². The SMILES string of the molecule is CC(C)CCn1c(SC(C(N)=O)c2ccccc2)nc2ccccc2c1=O. The van der Waals surface area contributed by atoms with Gasteiger partial charge in [-0.15, -0.1) is 0 Å². The van der Waals surface area contributed by atoms with Crippen molar-refractivity contribution in [3.63, 3.8) is 0 Å². The second-order valence-corrected chi connectivity index (χ2v) is 7.93. The maximum Gasteiger partial charge on any atom is 0.262 e. The number of thioether (sulfide) groups is 1. The summed E-state index contributed by atoms with van der Waals surface area (Å²) in [5, 5.41) is 0.498. The molecular weight excluding hydrogens is 358 g/mol. The first-order valence-electron chi connectivity index (χ1n) is 8.98. The summed E-state index contributed by atoms with van der Waals surface area (Å²) in [6.07, 6.45) is 0.847. The Bertz CT molecular complexity index is 999. The zero-order valence-electron chi connectivity index (χ0n) is 15.5. The number of fused-ring (bicyclic) bond motifs is 1. The first-order valence-corrected chi connectivity index (χ1v) is 9.86. The number of aromatic nitrogens is 2. The van der Waals surface area contributed by atoms with Crippen LogP contribution >= 0.6 is 11.8 Å². The lowest BCUT2D eigenvalue weighted by Gasteiger charge is -2.18. The molecule has 6 heteroatoms. The number of hydrogen-bond acceptors (Lipinski definition) is 4. The van der Waals surface area contributed by atoms with Crippen molar-refractivity contribution in [2.24, 2.45) is 11.7 Å². The lowest BCUT2D eigenvalue weighted by molar-refractivity contribution is -0.117. The second kappa shape index (κ2) is 8.39. The number of carbonyl (C=O) groups excluding carboxylic acids is 1. The van der Waals surface area contributed by atoms with E-state index in [1.165, 1.54) is 11.8 Å². The number of benzene rings is 2. The highest BCUT2D eigenvalue weighted by atomic mass is 32.2. The molecule has 0 aliphatic heterocycles. The van der Waals surface area contributed by atoms with Crippen molar-refractivity contribution in [2.75, 3.05) is 0 Å². The number of primary amides is 1. The van der Waals surface area contributed by atoms with E-state index in [1.807, 2.05) is 48.5 Å². The van der Waals surface area contributed by atoms with Gasteiger partial charge in [-0.2, -0.15) is 0 Å². The molecule has 5 nitrogen and oxygen atoms in total. The fourth-order valence-electron chi connectivity index (χ4n) is 2.85. The molecule has 1 heterocycles. The molecule has 2 N–H and O–H groups in total. The molecule has 1 aromatic heterocycles. The van der Waals surface area contributed by atoms with Gasteiger partial charge in [0, 0.05) is 6.54 Å². The molecule has 1 atom stereocenters. The van der Waals surface area contributed by atoms with Crippen LogP contribution in [0.15, 0.2) is 64.5 Å². The molecule has 3 aromatic rings. The normalized spacial score (nSPS) is 12.4. The van der Waals surface area contributed by atoms with E-state index in [1.54, 1.807) is 10.6 Å². The van der Waals surface area contributed by atoms with Crippen LogP contribution in [0.25, 0.3) is 10.9 Å². The summed E-state index contributed by atoms with van der Waals surface area (Å²) >= 11 is 1.23. The van der Waals surface area contributed by atoms with Crippen LogP contribution in [0.5, 0.6) is 0 Å². The fraction of sp³-hybridized carbons (Fsp3) is 0.286. The Kier molecular flexibility index (Phi) is 5.96. The van der Waals surface area contributed by atoms with E-state index in [4.69, 9.17) is 5.73 Å². The van der Waals surface area contributed by atoms with Gasteiger partial charge in [-0.05, 0) is 30.0 Å². The van der Waals surface area contributed by atoms with Crippen molar-refractivity contribution in [1.29, 1.82) is 0 Å². The minimum atomic E-state index is -0.607. The fourth-order valence-corrected chi connectivity index (χ4v) is 3.92. The average Bonchev–Trinajstić information content (AvgIpc) is 2.66. The Morgan fingerprint density at radius 3 is 2.44 bits per heavy atom. The highest BCUT2D eigenvalue weighted by molar-refractivity contribution is 8.00. The number of amides is 1. The number of para-hydroxylation sites is 1. The first kappa shape index (κ1) is 19.2. The number of carbonyl (C=O) groups is 1. The highest BCUT2D eigenvalue weighted by Gasteiger charge is 2.23. The molecule has 2 aromatic carbocycles. The predicted octanol–water partition coefficient (Wildman–Crippen LogP) is 3.76. The molecule has 0 aliphatic rings. The van der Waals surface area contributed by atoms with Gasteiger partial charge in [-0.3, -0.25) is 14.2 Å². The van der Waals surface area contributed by atoms with E-state index < -0.39 is 11.2 Å². The van der Waals surface area contributed by atoms with Gasteiger partial charge in [-0.1, -0.05) is 68.1 Å². The van der Waals surface area contributed by atoms with Gasteiger partial charge in [0.2, 0.25) is 5.91 Å². The minimum Gasteiger partial charge on any atom is -0.368 e. The number of nitrogens with two attached hydrogens (primary N) is 1. The number of hydrogen-bond donors (Lipinski definition) is 1. The summed E-state index contributed by atoms with van der Waals surface area (Å²) < 4.78 is 1.67. The highest BCUT2D eigenvalue weighted by Crippen LogP contribution is 2.34. The van der Waals surface area contributed by atoms with Crippen LogP contribution in [-0.4, -0.2) is 15.5 Å². The lowest BCUT2D eigenvalue weighted by atomic mass is 10.1. The molecule has 0 saturated heterocycles. The van der Waals surface area contributed by atoms with Gasteiger partial charge < -0.3 is 5.73 Å². The molecule has 0 radical (unpaired) electrons. The van der Waals surface area contributed by atoms with Crippen molar-refractivity contribution >= 4 is 28.6 Å². The van der Waals surface area contributed by atoms with Gasteiger partial charge in [0.05, 0.1) is 10.9 Å². The molecule has 0 aliphatic carbocycles. The maximum absolute atomic E-state index is 13.0. The van der Waals surface area contributed by atoms with Gasteiger partial charge in [-0.25, -0.2) is 4.98 Å². The molecule has 3 rings (SSSR count). The second-order valence-electron chi connectivity index (χ2n) is 6.86. The molecular formula is C21H23N3O2S. The zero-order valence-corrected chi connectivity index (χ0v) is 16.3. The van der Waals surface area contributed by atoms with E-state index in [0.29, 0.717) is 28.5 Å².